The molecule has 0 aromatic carbocycles. The fourth-order valence-electron chi connectivity index (χ4n) is 2.44. The van der Waals surface area contributed by atoms with Gasteiger partial charge in [0.05, 0.1) is 11.7 Å². The number of fused-ring (bicyclic) bond motifs is 1. The molecule has 22 heavy (non-hydrogen) atoms. The molecule has 0 bridgehead atoms. The maximum Gasteiger partial charge on any atom is 0.154 e. The highest BCUT2D eigenvalue weighted by atomic mass is 15.3. The molecule has 3 heterocycles. The van der Waals surface area contributed by atoms with Crippen LogP contribution in [0.3, 0.4) is 0 Å². The van der Waals surface area contributed by atoms with Crippen molar-refractivity contribution in [2.45, 2.75) is 26.3 Å². The first kappa shape index (κ1) is 14.0. The molecule has 0 spiro atoms. The molecule has 1 unspecified atom stereocenters. The Morgan fingerprint density at radius 1 is 1.32 bits per heavy atom. The van der Waals surface area contributed by atoms with Crippen molar-refractivity contribution in [3.63, 3.8) is 0 Å². The summed E-state index contributed by atoms with van der Waals surface area (Å²) in [5.74, 6) is 0.701. The Bertz CT molecular complexity index is 845. The lowest BCUT2D eigenvalue weighted by Gasteiger charge is -2.18. The van der Waals surface area contributed by atoms with E-state index in [4.69, 9.17) is 5.26 Å². The Hall–Kier alpha value is -2.94. The van der Waals surface area contributed by atoms with Crippen LogP contribution in [-0.2, 0) is 0 Å². The van der Waals surface area contributed by atoms with Crippen LogP contribution in [0.2, 0.25) is 0 Å². The Kier molecular flexibility index (Phi) is 3.71. The predicted octanol–water partition coefficient (Wildman–Crippen LogP) is 2.87. The zero-order valence-corrected chi connectivity index (χ0v) is 12.5. The van der Waals surface area contributed by atoms with Gasteiger partial charge in [-0.2, -0.15) is 10.4 Å². The molecule has 0 aliphatic carbocycles. The van der Waals surface area contributed by atoms with Gasteiger partial charge in [-0.05, 0) is 37.6 Å². The number of nitrogens with one attached hydrogen (secondary N) is 1. The van der Waals surface area contributed by atoms with Gasteiger partial charge in [-0.15, -0.1) is 0 Å². The van der Waals surface area contributed by atoms with Crippen molar-refractivity contribution in [1.82, 2.24) is 19.6 Å². The van der Waals surface area contributed by atoms with Crippen LogP contribution >= 0.6 is 0 Å². The Morgan fingerprint density at radius 2 is 2.18 bits per heavy atom. The number of aryl methyl sites for hydroxylation is 1. The molecule has 110 valence electrons. The zero-order valence-electron chi connectivity index (χ0n) is 12.5. The van der Waals surface area contributed by atoms with Crippen molar-refractivity contribution in [3.8, 4) is 6.07 Å². The summed E-state index contributed by atoms with van der Waals surface area (Å²) in [6, 6.07) is 11.7. The number of hydrogen-bond donors (Lipinski definition) is 1. The molecule has 0 amide bonds. The second-order valence-corrected chi connectivity index (χ2v) is 5.05. The molecule has 3 aromatic rings. The number of anilines is 1. The average Bonchev–Trinajstić information content (AvgIpc) is 2.96. The van der Waals surface area contributed by atoms with Crippen LogP contribution in [0, 0.1) is 18.3 Å². The molecule has 3 aromatic heterocycles. The van der Waals surface area contributed by atoms with Gasteiger partial charge in [-0.25, -0.2) is 9.50 Å². The normalized spacial score (nSPS) is 12.0. The van der Waals surface area contributed by atoms with Crippen molar-refractivity contribution in [2.24, 2.45) is 0 Å². The summed E-state index contributed by atoms with van der Waals surface area (Å²) in [6.45, 7) is 4.07. The molecule has 0 saturated carbocycles. The molecule has 1 atom stereocenters. The minimum absolute atomic E-state index is 0.0547. The van der Waals surface area contributed by atoms with Gasteiger partial charge in [0.15, 0.2) is 5.82 Å². The first-order chi connectivity index (χ1) is 10.7. The third-order valence-corrected chi connectivity index (χ3v) is 3.55. The number of hydrogen-bond acceptors (Lipinski definition) is 5. The fourth-order valence-corrected chi connectivity index (χ4v) is 2.44. The lowest BCUT2D eigenvalue weighted by molar-refractivity contribution is 0.713. The maximum absolute atomic E-state index is 9.09. The van der Waals surface area contributed by atoms with Gasteiger partial charge < -0.3 is 5.32 Å². The van der Waals surface area contributed by atoms with Gasteiger partial charge in [0.1, 0.15) is 23.6 Å². The largest absolute Gasteiger partial charge is 0.360 e. The van der Waals surface area contributed by atoms with E-state index < -0.39 is 0 Å². The van der Waals surface area contributed by atoms with E-state index in [1.165, 1.54) is 6.33 Å². The third kappa shape index (κ3) is 2.49. The summed E-state index contributed by atoms with van der Waals surface area (Å²) in [4.78, 5) is 8.89. The van der Waals surface area contributed by atoms with Crippen LogP contribution in [0.15, 0.2) is 36.7 Å². The zero-order chi connectivity index (χ0) is 15.5. The van der Waals surface area contributed by atoms with E-state index in [0.717, 1.165) is 23.3 Å². The second-order valence-electron chi connectivity index (χ2n) is 5.05. The van der Waals surface area contributed by atoms with Crippen molar-refractivity contribution in [3.05, 3.63) is 53.7 Å². The maximum atomic E-state index is 9.09. The highest BCUT2D eigenvalue weighted by Gasteiger charge is 2.14. The summed E-state index contributed by atoms with van der Waals surface area (Å²) in [6.07, 6.45) is 2.32. The van der Waals surface area contributed by atoms with E-state index in [1.54, 1.807) is 10.6 Å². The third-order valence-electron chi connectivity index (χ3n) is 3.55. The summed E-state index contributed by atoms with van der Waals surface area (Å²) < 4.78 is 1.59. The predicted molar refractivity (Wildman–Crippen MR) is 83.3 cm³/mol. The fraction of sp³-hybridized carbons (Fsp3) is 0.250. The molecule has 0 saturated heterocycles. The van der Waals surface area contributed by atoms with Crippen LogP contribution in [0.4, 0.5) is 5.82 Å². The first-order valence-corrected chi connectivity index (χ1v) is 7.16. The van der Waals surface area contributed by atoms with E-state index in [2.05, 4.69) is 33.4 Å². The number of aromatic nitrogens is 4. The number of nitriles is 1. The second kappa shape index (κ2) is 5.82. The van der Waals surface area contributed by atoms with Crippen LogP contribution in [0.1, 0.15) is 36.5 Å². The van der Waals surface area contributed by atoms with Gasteiger partial charge >= 0.3 is 0 Å². The molecular weight excluding hydrogens is 276 g/mol. The Morgan fingerprint density at radius 3 is 2.91 bits per heavy atom. The Labute approximate surface area is 128 Å². The van der Waals surface area contributed by atoms with Gasteiger partial charge in [-0.1, -0.05) is 13.0 Å². The minimum Gasteiger partial charge on any atom is -0.360 e. The number of rotatable bonds is 4. The van der Waals surface area contributed by atoms with Crippen molar-refractivity contribution in [1.29, 1.82) is 5.26 Å². The highest BCUT2D eigenvalue weighted by molar-refractivity contribution is 5.69. The van der Waals surface area contributed by atoms with Crippen LogP contribution < -0.4 is 5.32 Å². The molecule has 1 N–H and O–H groups in total. The highest BCUT2D eigenvalue weighted by Crippen LogP contribution is 2.23. The Balaban J connectivity index is 1.98. The SMILES string of the molecule is CCC(Nc1ncnn2c(C#N)ccc12)c1cccc(C)n1. The minimum atomic E-state index is 0.0547. The average molecular weight is 292 g/mol. The van der Waals surface area contributed by atoms with Crippen molar-refractivity contribution >= 4 is 11.3 Å². The molecule has 0 aliphatic heterocycles. The lowest BCUT2D eigenvalue weighted by Crippen LogP contribution is -2.14. The van der Waals surface area contributed by atoms with Gasteiger partial charge in [0.25, 0.3) is 0 Å². The van der Waals surface area contributed by atoms with Crippen molar-refractivity contribution in [2.75, 3.05) is 5.32 Å². The van der Waals surface area contributed by atoms with Gasteiger partial charge in [0.2, 0.25) is 0 Å². The van der Waals surface area contributed by atoms with E-state index >= 15 is 0 Å². The molecular formula is C16H16N6. The van der Waals surface area contributed by atoms with Crippen LogP contribution in [-0.4, -0.2) is 19.6 Å². The quantitative estimate of drug-likeness (QED) is 0.800. The van der Waals surface area contributed by atoms with E-state index in [1.807, 2.05) is 31.2 Å². The smallest absolute Gasteiger partial charge is 0.154 e. The molecule has 0 aliphatic rings. The summed E-state index contributed by atoms with van der Waals surface area (Å²) in [5.41, 5.74) is 3.23. The number of nitrogens with zero attached hydrogens (tertiary/aromatic N) is 5. The summed E-state index contributed by atoms with van der Waals surface area (Å²) >= 11 is 0. The molecule has 0 radical (unpaired) electrons. The topological polar surface area (TPSA) is 78.9 Å². The molecule has 3 rings (SSSR count). The van der Waals surface area contributed by atoms with E-state index in [9.17, 15) is 0 Å². The first-order valence-electron chi connectivity index (χ1n) is 7.16. The number of pyridine rings is 1. The van der Waals surface area contributed by atoms with Crippen molar-refractivity contribution < 1.29 is 0 Å². The van der Waals surface area contributed by atoms with Crippen LogP contribution in [0.5, 0.6) is 0 Å². The lowest BCUT2D eigenvalue weighted by atomic mass is 10.1. The van der Waals surface area contributed by atoms with E-state index in [0.29, 0.717) is 11.5 Å². The molecule has 6 heteroatoms. The standard InChI is InChI=1S/C16H16N6/c1-3-13(14-6-4-5-11(2)20-14)21-16-15-8-7-12(9-17)22(15)19-10-18-16/h4-8,10,13H,3H2,1-2H3,(H,18,19,21). The summed E-state index contributed by atoms with van der Waals surface area (Å²) in [5, 5.41) is 16.6. The molecule has 6 nitrogen and oxygen atoms in total. The molecule has 0 fully saturated rings. The van der Waals surface area contributed by atoms with E-state index in [-0.39, 0.29) is 6.04 Å². The van der Waals surface area contributed by atoms with Gasteiger partial charge in [0, 0.05) is 5.69 Å². The van der Waals surface area contributed by atoms with Gasteiger partial charge in [-0.3, -0.25) is 4.98 Å². The summed E-state index contributed by atoms with van der Waals surface area (Å²) in [7, 11) is 0. The monoisotopic (exact) mass is 292 g/mol. The van der Waals surface area contributed by atoms with Crippen LogP contribution in [0.25, 0.3) is 5.52 Å².